The summed E-state index contributed by atoms with van der Waals surface area (Å²) in [6, 6.07) is 6.76. The number of alkyl halides is 3. The van der Waals surface area contributed by atoms with Gasteiger partial charge in [0.25, 0.3) is 5.91 Å². The van der Waals surface area contributed by atoms with Crippen LogP contribution in [0.15, 0.2) is 30.3 Å². The predicted molar refractivity (Wildman–Crippen MR) is 128 cm³/mol. The van der Waals surface area contributed by atoms with Gasteiger partial charge < -0.3 is 10.1 Å². The Labute approximate surface area is 212 Å². The first kappa shape index (κ1) is 26.9. The van der Waals surface area contributed by atoms with Gasteiger partial charge in [0.05, 0.1) is 26.8 Å². The minimum absolute atomic E-state index is 0.00695. The second-order valence-electron chi connectivity index (χ2n) is 8.22. The lowest BCUT2D eigenvalue weighted by Gasteiger charge is -2.21. The second kappa shape index (κ2) is 10.1. The first-order chi connectivity index (χ1) is 16.7. The molecule has 0 aliphatic carbocycles. The fourth-order valence-electron chi connectivity index (χ4n) is 3.07. The van der Waals surface area contributed by atoms with Gasteiger partial charge in [-0.1, -0.05) is 29.3 Å². The van der Waals surface area contributed by atoms with E-state index in [2.05, 4.69) is 15.8 Å². The molecular weight excluding hydrogens is 526 g/mol. The lowest BCUT2D eigenvalue weighted by molar-refractivity contribution is -0.146. The number of hydrogen-bond acceptors (Lipinski definition) is 6. The zero-order valence-electron chi connectivity index (χ0n) is 18.9. The maximum Gasteiger partial charge on any atom is 0.451 e. The van der Waals surface area contributed by atoms with E-state index < -0.39 is 29.6 Å². The van der Waals surface area contributed by atoms with Crippen molar-refractivity contribution in [2.45, 2.75) is 32.5 Å². The monoisotopic (exact) mass is 543 g/mol. The Bertz CT molecular complexity index is 1370. The van der Waals surface area contributed by atoms with Gasteiger partial charge in [0, 0.05) is 11.6 Å². The summed E-state index contributed by atoms with van der Waals surface area (Å²) >= 11 is 12.1. The third-order valence-corrected chi connectivity index (χ3v) is 5.05. The number of hydrazine groups is 1. The van der Waals surface area contributed by atoms with Crippen molar-refractivity contribution in [3.05, 3.63) is 57.3 Å². The van der Waals surface area contributed by atoms with E-state index in [9.17, 15) is 27.6 Å². The minimum atomic E-state index is -4.99. The smallest absolute Gasteiger partial charge is 0.443 e. The second-order valence-corrected chi connectivity index (χ2v) is 9.03. The van der Waals surface area contributed by atoms with E-state index in [-0.39, 0.29) is 37.9 Å². The van der Waals surface area contributed by atoms with Crippen molar-refractivity contribution >= 4 is 63.9 Å². The molecule has 0 unspecified atom stereocenters. The quantitative estimate of drug-likeness (QED) is 0.291. The van der Waals surface area contributed by atoms with Crippen LogP contribution in [0, 0.1) is 0 Å². The summed E-state index contributed by atoms with van der Waals surface area (Å²) in [7, 11) is 0. The molecule has 3 N–H and O–H groups in total. The molecule has 0 saturated heterocycles. The van der Waals surface area contributed by atoms with Crippen LogP contribution in [-0.2, 0) is 15.7 Å². The molecule has 0 radical (unpaired) electrons. The van der Waals surface area contributed by atoms with Gasteiger partial charge >= 0.3 is 12.3 Å². The highest BCUT2D eigenvalue weighted by Crippen LogP contribution is 2.35. The standard InChI is InChI=1S/C22H18Cl2F3N5O4/c1-21(2,3)36-20(35)30-31-32-14-8-7-11(9-10-33)16(17(14)29-19(32)22(25,26)27)28-18(34)15-12(23)5-4-6-13(15)24/h4-9,31H,1-3H3,(H,28,34)(H,30,35). The molecule has 0 saturated carbocycles. The third-order valence-electron chi connectivity index (χ3n) is 4.42. The molecular formula is C22H18Cl2F3N5O4. The number of nitrogens with zero attached hydrogens (tertiary/aromatic N) is 2. The highest BCUT2D eigenvalue weighted by atomic mass is 35.5. The van der Waals surface area contributed by atoms with Crippen LogP contribution >= 0.6 is 23.2 Å². The number of aromatic nitrogens is 2. The Morgan fingerprint density at radius 2 is 1.75 bits per heavy atom. The number of carbonyl (C=O) groups is 2. The van der Waals surface area contributed by atoms with Crippen LogP contribution in [0.4, 0.5) is 23.7 Å². The molecule has 0 bridgehead atoms. The van der Waals surface area contributed by atoms with E-state index in [0.29, 0.717) is 4.68 Å². The number of rotatable bonds is 5. The van der Waals surface area contributed by atoms with Crippen LogP contribution in [0.25, 0.3) is 17.1 Å². The number of ether oxygens (including phenoxy) is 1. The minimum Gasteiger partial charge on any atom is -0.443 e. The van der Waals surface area contributed by atoms with Gasteiger partial charge in [-0.25, -0.2) is 30.2 Å². The van der Waals surface area contributed by atoms with Gasteiger partial charge in [0.1, 0.15) is 17.1 Å². The van der Waals surface area contributed by atoms with E-state index in [0.717, 1.165) is 6.08 Å². The predicted octanol–water partition coefficient (Wildman–Crippen LogP) is 5.44. The van der Waals surface area contributed by atoms with Crippen LogP contribution in [0.3, 0.4) is 0 Å². The van der Waals surface area contributed by atoms with E-state index in [1.54, 1.807) is 20.8 Å². The largest absolute Gasteiger partial charge is 0.451 e. The Hall–Kier alpha value is -3.73. The third kappa shape index (κ3) is 5.91. The van der Waals surface area contributed by atoms with Gasteiger partial charge in [-0.15, -0.1) is 0 Å². The molecule has 190 valence electrons. The van der Waals surface area contributed by atoms with Crippen molar-refractivity contribution < 1.29 is 32.3 Å². The maximum atomic E-state index is 13.8. The number of imidazole rings is 1. The molecule has 0 spiro atoms. The highest BCUT2D eigenvalue weighted by Gasteiger charge is 2.39. The van der Waals surface area contributed by atoms with Crippen molar-refractivity contribution in [3.8, 4) is 0 Å². The Kier molecular flexibility index (Phi) is 7.54. The molecule has 1 aromatic heterocycles. The van der Waals surface area contributed by atoms with Crippen LogP contribution in [-0.4, -0.2) is 33.2 Å². The first-order valence-corrected chi connectivity index (χ1v) is 10.8. The molecule has 0 aliphatic heterocycles. The molecule has 1 heterocycles. The van der Waals surface area contributed by atoms with E-state index in [4.69, 9.17) is 27.9 Å². The summed E-state index contributed by atoms with van der Waals surface area (Å²) in [5.41, 5.74) is 2.26. The Morgan fingerprint density at radius 1 is 1.11 bits per heavy atom. The molecule has 0 atom stereocenters. The highest BCUT2D eigenvalue weighted by molar-refractivity contribution is 6.40. The molecule has 2 amide bonds. The number of amides is 2. The Morgan fingerprint density at radius 3 is 2.31 bits per heavy atom. The fraction of sp³-hybridized carbons (Fsp3) is 0.227. The summed E-state index contributed by atoms with van der Waals surface area (Å²) in [5.74, 6) is -0.811. The van der Waals surface area contributed by atoms with Crippen molar-refractivity contribution in [1.29, 1.82) is 0 Å². The number of halogens is 5. The SMILES string of the molecule is CC(C)(C)OC(=O)NNn1c(C(F)(F)F)nc2c(NC(=O)c3c(Cl)cccc3Cl)c(C=C=O)ccc21. The van der Waals surface area contributed by atoms with Crippen LogP contribution in [0.1, 0.15) is 42.5 Å². The van der Waals surface area contributed by atoms with Crippen molar-refractivity contribution in [2.24, 2.45) is 0 Å². The van der Waals surface area contributed by atoms with Gasteiger partial charge in [-0.3, -0.25) is 4.79 Å². The van der Waals surface area contributed by atoms with Crippen molar-refractivity contribution in [2.75, 3.05) is 10.9 Å². The number of carbonyl (C=O) groups excluding carboxylic acids is 3. The number of hydrogen-bond donors (Lipinski definition) is 3. The number of benzene rings is 2. The zero-order chi connectivity index (χ0) is 26.8. The lowest BCUT2D eigenvalue weighted by atomic mass is 10.1. The zero-order valence-corrected chi connectivity index (χ0v) is 20.4. The first-order valence-electron chi connectivity index (χ1n) is 10.1. The van der Waals surface area contributed by atoms with Gasteiger partial charge in [0.15, 0.2) is 0 Å². The summed E-state index contributed by atoms with van der Waals surface area (Å²) in [5, 5.41) is 2.40. The average molecular weight is 544 g/mol. The summed E-state index contributed by atoms with van der Waals surface area (Å²) in [6.07, 6.45) is -5.14. The summed E-state index contributed by atoms with van der Waals surface area (Å²) in [6.45, 7) is 4.72. The summed E-state index contributed by atoms with van der Waals surface area (Å²) in [4.78, 5) is 39.6. The van der Waals surface area contributed by atoms with E-state index in [1.807, 2.05) is 5.43 Å². The van der Waals surface area contributed by atoms with Gasteiger partial charge in [-0.05, 0) is 45.0 Å². The number of anilines is 1. The normalized spacial score (nSPS) is 11.6. The molecule has 2 aromatic carbocycles. The molecule has 0 aliphatic rings. The van der Waals surface area contributed by atoms with Crippen LogP contribution in [0.2, 0.25) is 10.0 Å². The summed E-state index contributed by atoms with van der Waals surface area (Å²) < 4.78 is 47.0. The number of nitrogens with one attached hydrogen (secondary N) is 3. The topological polar surface area (TPSA) is 114 Å². The van der Waals surface area contributed by atoms with Crippen molar-refractivity contribution in [3.63, 3.8) is 0 Å². The fourth-order valence-corrected chi connectivity index (χ4v) is 3.64. The molecule has 14 heteroatoms. The Balaban J connectivity index is 2.14. The molecule has 36 heavy (non-hydrogen) atoms. The van der Waals surface area contributed by atoms with Gasteiger partial charge in [0.2, 0.25) is 5.82 Å². The van der Waals surface area contributed by atoms with E-state index in [1.165, 1.54) is 36.3 Å². The van der Waals surface area contributed by atoms with E-state index >= 15 is 0 Å². The molecule has 0 fully saturated rings. The molecule has 3 aromatic rings. The van der Waals surface area contributed by atoms with Crippen LogP contribution < -0.4 is 16.3 Å². The molecule has 3 rings (SSSR count). The van der Waals surface area contributed by atoms with Crippen molar-refractivity contribution in [1.82, 2.24) is 15.1 Å². The molecule has 9 nitrogen and oxygen atoms in total. The lowest BCUT2D eigenvalue weighted by Crippen LogP contribution is -2.41. The maximum absolute atomic E-state index is 13.8. The van der Waals surface area contributed by atoms with Crippen LogP contribution in [0.5, 0.6) is 0 Å². The average Bonchev–Trinajstić information content (AvgIpc) is 3.12. The number of fused-ring (bicyclic) bond motifs is 1. The van der Waals surface area contributed by atoms with Gasteiger partial charge in [-0.2, -0.15) is 13.2 Å².